The Balaban J connectivity index is 1.60. The lowest BCUT2D eigenvalue weighted by Crippen LogP contribution is -2.34. The largest absolute Gasteiger partial charge is 0.484 e. The Morgan fingerprint density at radius 2 is 2.12 bits per heavy atom. The average Bonchev–Trinajstić information content (AvgIpc) is 3.28. The first-order valence-corrected chi connectivity index (χ1v) is 8.23. The number of nitrogens with two attached hydrogens (primary N) is 1. The molecule has 2 aromatic rings. The number of hydrogen-bond acceptors (Lipinski definition) is 6. The predicted molar refractivity (Wildman–Crippen MR) is 87.8 cm³/mol. The van der Waals surface area contributed by atoms with Crippen molar-refractivity contribution in [1.82, 2.24) is 15.0 Å². The third kappa shape index (κ3) is 3.78. The van der Waals surface area contributed by atoms with Gasteiger partial charge in [0, 0.05) is 18.5 Å². The Kier molecular flexibility index (Phi) is 4.97. The molecule has 1 aliphatic heterocycles. The Hall–Kier alpha value is -2.90. The zero-order valence-electron chi connectivity index (χ0n) is 14.0. The Morgan fingerprint density at radius 1 is 1.36 bits per heavy atom. The van der Waals surface area contributed by atoms with E-state index in [1.54, 1.807) is 29.2 Å². The van der Waals surface area contributed by atoms with E-state index in [9.17, 15) is 9.59 Å². The smallest absolute Gasteiger partial charge is 0.261 e. The summed E-state index contributed by atoms with van der Waals surface area (Å²) >= 11 is 0. The number of carbonyl (C=O) groups is 2. The van der Waals surface area contributed by atoms with E-state index in [1.807, 2.05) is 6.92 Å². The van der Waals surface area contributed by atoms with E-state index in [2.05, 4.69) is 10.1 Å². The molecule has 8 nitrogen and oxygen atoms in total. The Morgan fingerprint density at radius 3 is 2.76 bits per heavy atom. The third-order valence-corrected chi connectivity index (χ3v) is 4.16. The van der Waals surface area contributed by atoms with Crippen LogP contribution >= 0.6 is 0 Å². The first kappa shape index (κ1) is 16.9. The van der Waals surface area contributed by atoms with Gasteiger partial charge >= 0.3 is 0 Å². The highest BCUT2D eigenvalue weighted by atomic mass is 16.5. The van der Waals surface area contributed by atoms with Gasteiger partial charge in [-0.3, -0.25) is 9.59 Å². The number of benzene rings is 1. The summed E-state index contributed by atoms with van der Waals surface area (Å²) in [4.78, 5) is 29.6. The van der Waals surface area contributed by atoms with Crippen molar-refractivity contribution in [2.45, 2.75) is 32.2 Å². The van der Waals surface area contributed by atoms with Crippen molar-refractivity contribution in [3.63, 3.8) is 0 Å². The fourth-order valence-corrected chi connectivity index (χ4v) is 2.82. The quantitative estimate of drug-likeness (QED) is 0.849. The summed E-state index contributed by atoms with van der Waals surface area (Å²) in [6.45, 7) is 2.49. The molecule has 1 atom stereocenters. The molecule has 1 saturated heterocycles. The summed E-state index contributed by atoms with van der Waals surface area (Å²) in [6.07, 6.45) is 2.36. The van der Waals surface area contributed by atoms with Crippen LogP contribution in [-0.4, -0.2) is 40.0 Å². The van der Waals surface area contributed by atoms with Crippen molar-refractivity contribution >= 4 is 11.8 Å². The number of nitrogens with zero attached hydrogens (tertiary/aromatic N) is 3. The van der Waals surface area contributed by atoms with Gasteiger partial charge in [0.2, 0.25) is 11.8 Å². The zero-order chi connectivity index (χ0) is 17.8. The second kappa shape index (κ2) is 7.33. The summed E-state index contributed by atoms with van der Waals surface area (Å²) < 4.78 is 10.7. The molecule has 25 heavy (non-hydrogen) atoms. The first-order valence-electron chi connectivity index (χ1n) is 8.23. The molecular weight excluding hydrogens is 324 g/mol. The number of likely N-dealkylation sites (tertiary alicyclic amines) is 1. The number of aryl methyl sites for hydroxylation is 1. The van der Waals surface area contributed by atoms with Gasteiger partial charge in [-0.1, -0.05) is 12.1 Å². The van der Waals surface area contributed by atoms with Gasteiger partial charge in [0.05, 0.1) is 6.04 Å². The summed E-state index contributed by atoms with van der Waals surface area (Å²) in [5.41, 5.74) is 5.58. The van der Waals surface area contributed by atoms with Crippen molar-refractivity contribution in [3.05, 3.63) is 41.5 Å². The highest BCUT2D eigenvalue weighted by Gasteiger charge is 2.33. The molecule has 0 radical (unpaired) electrons. The van der Waals surface area contributed by atoms with E-state index >= 15 is 0 Å². The lowest BCUT2D eigenvalue weighted by Gasteiger charge is -2.22. The van der Waals surface area contributed by atoms with Crippen LogP contribution in [0.3, 0.4) is 0 Å². The van der Waals surface area contributed by atoms with Crippen molar-refractivity contribution in [2.75, 3.05) is 13.2 Å². The van der Waals surface area contributed by atoms with Crippen LogP contribution in [0.25, 0.3) is 0 Å². The van der Waals surface area contributed by atoms with Crippen LogP contribution in [0.4, 0.5) is 0 Å². The average molecular weight is 344 g/mol. The molecule has 1 aliphatic rings. The molecule has 2 N–H and O–H groups in total. The zero-order valence-corrected chi connectivity index (χ0v) is 14.0. The number of hydrogen-bond donors (Lipinski definition) is 1. The maximum atomic E-state index is 12.5. The van der Waals surface area contributed by atoms with Crippen molar-refractivity contribution < 1.29 is 18.8 Å². The minimum absolute atomic E-state index is 0.0924. The fraction of sp³-hybridized carbons (Fsp3) is 0.412. The van der Waals surface area contributed by atoms with Crippen molar-refractivity contribution in [1.29, 1.82) is 0 Å². The molecule has 3 rings (SSSR count). The van der Waals surface area contributed by atoms with Gasteiger partial charge in [-0.2, -0.15) is 4.98 Å². The highest BCUT2D eigenvalue weighted by Crippen LogP contribution is 2.30. The molecule has 1 unspecified atom stereocenters. The molecule has 132 valence electrons. The second-order valence-corrected chi connectivity index (χ2v) is 5.82. The Labute approximate surface area is 144 Å². The molecule has 2 amide bonds. The van der Waals surface area contributed by atoms with Gasteiger partial charge in [-0.05, 0) is 37.1 Å². The summed E-state index contributed by atoms with van der Waals surface area (Å²) in [5, 5.41) is 3.98. The van der Waals surface area contributed by atoms with Gasteiger partial charge in [-0.15, -0.1) is 0 Å². The lowest BCUT2D eigenvalue weighted by molar-refractivity contribution is -0.134. The van der Waals surface area contributed by atoms with Crippen LogP contribution in [0.5, 0.6) is 5.75 Å². The van der Waals surface area contributed by atoms with Crippen LogP contribution in [0.15, 0.2) is 28.8 Å². The molecule has 8 heteroatoms. The Bertz CT molecular complexity index is 756. The summed E-state index contributed by atoms with van der Waals surface area (Å²) in [6, 6.07) is 6.18. The predicted octanol–water partition coefficient (Wildman–Crippen LogP) is 1.47. The monoisotopic (exact) mass is 344 g/mol. The third-order valence-electron chi connectivity index (χ3n) is 4.16. The number of ether oxygens (including phenoxy) is 1. The summed E-state index contributed by atoms with van der Waals surface area (Å²) in [7, 11) is 0. The lowest BCUT2D eigenvalue weighted by atomic mass is 10.2. The van der Waals surface area contributed by atoms with Gasteiger partial charge in [-0.25, -0.2) is 0 Å². The standard InChI is InChI=1S/C17H20N4O4/c1-2-14-19-17(20-25-14)13-4-3-9-21(13)15(22)10-24-12-7-5-11(6-8-12)16(18)23/h5-8,13H,2-4,9-10H2,1H3,(H2,18,23). The van der Waals surface area contributed by atoms with Crippen LogP contribution in [-0.2, 0) is 11.2 Å². The van der Waals surface area contributed by atoms with E-state index in [0.29, 0.717) is 36.0 Å². The maximum Gasteiger partial charge on any atom is 0.261 e. The molecule has 0 bridgehead atoms. The molecule has 0 saturated carbocycles. The van der Waals surface area contributed by atoms with Crippen LogP contribution < -0.4 is 10.5 Å². The van der Waals surface area contributed by atoms with E-state index in [1.165, 1.54) is 0 Å². The van der Waals surface area contributed by atoms with E-state index < -0.39 is 5.91 Å². The SMILES string of the molecule is CCc1nc(C2CCCN2C(=O)COc2ccc(C(N)=O)cc2)no1. The molecule has 1 aromatic heterocycles. The molecule has 0 spiro atoms. The number of primary amides is 1. The maximum absolute atomic E-state index is 12.5. The molecule has 1 aromatic carbocycles. The topological polar surface area (TPSA) is 112 Å². The minimum atomic E-state index is -0.505. The van der Waals surface area contributed by atoms with Gasteiger partial charge in [0.25, 0.3) is 5.91 Å². The van der Waals surface area contributed by atoms with Gasteiger partial charge < -0.3 is 19.9 Å². The normalized spacial score (nSPS) is 16.8. The van der Waals surface area contributed by atoms with Crippen molar-refractivity contribution in [2.24, 2.45) is 5.73 Å². The fourth-order valence-electron chi connectivity index (χ4n) is 2.82. The van der Waals surface area contributed by atoms with E-state index in [0.717, 1.165) is 12.8 Å². The molecule has 0 aliphatic carbocycles. The minimum Gasteiger partial charge on any atom is -0.484 e. The van der Waals surface area contributed by atoms with Gasteiger partial charge in [0.15, 0.2) is 12.4 Å². The number of aromatic nitrogens is 2. The highest BCUT2D eigenvalue weighted by molar-refractivity contribution is 5.92. The number of amides is 2. The van der Waals surface area contributed by atoms with E-state index in [-0.39, 0.29) is 18.6 Å². The van der Waals surface area contributed by atoms with Gasteiger partial charge in [0.1, 0.15) is 5.75 Å². The molecule has 2 heterocycles. The first-order chi connectivity index (χ1) is 12.1. The van der Waals surface area contributed by atoms with E-state index in [4.69, 9.17) is 15.0 Å². The van der Waals surface area contributed by atoms with Crippen LogP contribution in [0.2, 0.25) is 0 Å². The number of rotatable bonds is 6. The number of carbonyl (C=O) groups excluding carboxylic acids is 2. The van der Waals surface area contributed by atoms with Crippen LogP contribution in [0, 0.1) is 0 Å². The van der Waals surface area contributed by atoms with Crippen molar-refractivity contribution in [3.8, 4) is 5.75 Å². The molecular formula is C17H20N4O4. The van der Waals surface area contributed by atoms with Crippen LogP contribution in [0.1, 0.15) is 47.9 Å². The second-order valence-electron chi connectivity index (χ2n) is 5.82. The summed E-state index contributed by atoms with van der Waals surface area (Å²) in [5.74, 6) is 0.981. The molecule has 1 fully saturated rings.